The molecule has 24 heavy (non-hydrogen) atoms. The Hall–Kier alpha value is -0.780. The summed E-state index contributed by atoms with van der Waals surface area (Å²) in [5.41, 5.74) is 0.532. The summed E-state index contributed by atoms with van der Waals surface area (Å²) in [5, 5.41) is -0.388. The lowest BCUT2D eigenvalue weighted by Crippen LogP contribution is -2.45. The standard InChI is InChI=1S/C17H23Cl2NO3S/c1-12(17(21)20(2)14-6-4-3-5-7-14)24(22,23)11-13-8-9-15(18)16(19)10-13/h8-10,12,14H,3-7,11H2,1-2H3/t12-/m0/s1. The van der Waals surface area contributed by atoms with Crippen molar-refractivity contribution < 1.29 is 13.2 Å². The molecule has 1 amide bonds. The van der Waals surface area contributed by atoms with E-state index in [9.17, 15) is 13.2 Å². The van der Waals surface area contributed by atoms with E-state index in [2.05, 4.69) is 0 Å². The Kier molecular flexibility index (Phi) is 6.57. The van der Waals surface area contributed by atoms with Gasteiger partial charge < -0.3 is 4.90 Å². The highest BCUT2D eigenvalue weighted by molar-refractivity contribution is 7.92. The molecule has 0 heterocycles. The number of hydrogen-bond acceptors (Lipinski definition) is 3. The summed E-state index contributed by atoms with van der Waals surface area (Å²) in [6, 6.07) is 4.86. The lowest BCUT2D eigenvalue weighted by atomic mass is 9.94. The molecule has 1 atom stereocenters. The molecule has 0 N–H and O–H groups in total. The van der Waals surface area contributed by atoms with Gasteiger partial charge in [0, 0.05) is 13.1 Å². The molecule has 1 saturated carbocycles. The average Bonchev–Trinajstić information content (AvgIpc) is 2.56. The van der Waals surface area contributed by atoms with Crippen molar-refractivity contribution in [3.05, 3.63) is 33.8 Å². The first-order valence-corrected chi connectivity index (χ1v) is 10.6. The van der Waals surface area contributed by atoms with Crippen molar-refractivity contribution in [3.8, 4) is 0 Å². The normalized spacial score (nSPS) is 17.5. The van der Waals surface area contributed by atoms with Crippen molar-refractivity contribution in [1.82, 2.24) is 4.90 Å². The fourth-order valence-electron chi connectivity index (χ4n) is 3.08. The number of benzene rings is 1. The van der Waals surface area contributed by atoms with E-state index in [1.165, 1.54) is 19.4 Å². The van der Waals surface area contributed by atoms with Crippen molar-refractivity contribution >= 4 is 38.9 Å². The zero-order valence-electron chi connectivity index (χ0n) is 14.0. The van der Waals surface area contributed by atoms with Gasteiger partial charge in [0.05, 0.1) is 15.8 Å². The summed E-state index contributed by atoms with van der Waals surface area (Å²) in [6.07, 6.45) is 5.26. The summed E-state index contributed by atoms with van der Waals surface area (Å²) in [6.45, 7) is 1.47. The first-order valence-electron chi connectivity index (χ1n) is 8.14. The highest BCUT2D eigenvalue weighted by Gasteiger charge is 2.33. The maximum absolute atomic E-state index is 12.6. The van der Waals surface area contributed by atoms with Crippen LogP contribution in [0.3, 0.4) is 0 Å². The van der Waals surface area contributed by atoms with Gasteiger partial charge in [0.1, 0.15) is 5.25 Å². The molecule has 1 aliphatic carbocycles. The maximum Gasteiger partial charge on any atom is 0.240 e. The predicted molar refractivity (Wildman–Crippen MR) is 98.2 cm³/mol. The third kappa shape index (κ3) is 4.64. The van der Waals surface area contributed by atoms with Gasteiger partial charge >= 0.3 is 0 Å². The first kappa shape index (κ1) is 19.5. The van der Waals surface area contributed by atoms with Crippen LogP contribution in [0.2, 0.25) is 10.0 Å². The second-order valence-electron chi connectivity index (χ2n) is 6.44. The minimum absolute atomic E-state index is 0.147. The van der Waals surface area contributed by atoms with E-state index in [0.29, 0.717) is 15.6 Å². The molecule has 1 aromatic rings. The first-order chi connectivity index (χ1) is 11.2. The van der Waals surface area contributed by atoms with Crippen molar-refractivity contribution in [2.24, 2.45) is 0 Å². The van der Waals surface area contributed by atoms with Crippen molar-refractivity contribution in [1.29, 1.82) is 0 Å². The number of halogens is 2. The quantitative estimate of drug-likeness (QED) is 0.759. The number of carbonyl (C=O) groups is 1. The Bertz CT molecular complexity index is 700. The molecule has 0 saturated heterocycles. The number of amides is 1. The predicted octanol–water partition coefficient (Wildman–Crippen LogP) is 4.09. The van der Waals surface area contributed by atoms with E-state index in [1.807, 2.05) is 0 Å². The van der Waals surface area contributed by atoms with Crippen LogP contribution in [0.25, 0.3) is 0 Å². The number of nitrogens with zero attached hydrogens (tertiary/aromatic N) is 1. The van der Waals surface area contributed by atoms with Crippen LogP contribution in [0.15, 0.2) is 18.2 Å². The van der Waals surface area contributed by atoms with Gasteiger partial charge in [-0.3, -0.25) is 4.79 Å². The van der Waals surface area contributed by atoms with Crippen molar-refractivity contribution in [3.63, 3.8) is 0 Å². The van der Waals surface area contributed by atoms with Crippen LogP contribution in [-0.4, -0.2) is 37.6 Å². The van der Waals surface area contributed by atoms with Gasteiger partial charge in [-0.1, -0.05) is 48.5 Å². The van der Waals surface area contributed by atoms with Gasteiger partial charge in [0.2, 0.25) is 5.91 Å². The SMILES string of the molecule is C[C@@H](C(=O)N(C)C1CCCCC1)S(=O)(=O)Cc1ccc(Cl)c(Cl)c1. The molecule has 0 radical (unpaired) electrons. The van der Waals surface area contributed by atoms with Crippen LogP contribution < -0.4 is 0 Å². The molecular formula is C17H23Cl2NO3S. The lowest BCUT2D eigenvalue weighted by molar-refractivity contribution is -0.131. The second-order valence-corrected chi connectivity index (χ2v) is 9.57. The third-order valence-corrected chi connectivity index (χ3v) is 7.46. The molecule has 1 aliphatic rings. The Morgan fingerprint density at radius 2 is 1.83 bits per heavy atom. The van der Waals surface area contributed by atoms with E-state index in [-0.39, 0.29) is 17.7 Å². The molecule has 7 heteroatoms. The largest absolute Gasteiger partial charge is 0.342 e. The molecule has 0 bridgehead atoms. The Morgan fingerprint density at radius 3 is 2.42 bits per heavy atom. The molecule has 0 aliphatic heterocycles. The number of carbonyl (C=O) groups excluding carboxylic acids is 1. The van der Waals surface area contributed by atoms with Gasteiger partial charge in [-0.25, -0.2) is 8.42 Å². The Labute approximate surface area is 154 Å². The van der Waals surface area contributed by atoms with Crippen LogP contribution in [0.1, 0.15) is 44.6 Å². The zero-order chi connectivity index (χ0) is 17.9. The van der Waals surface area contributed by atoms with E-state index >= 15 is 0 Å². The summed E-state index contributed by atoms with van der Waals surface area (Å²) in [4.78, 5) is 14.2. The van der Waals surface area contributed by atoms with Crippen molar-refractivity contribution in [2.45, 2.75) is 56.1 Å². The molecule has 0 aromatic heterocycles. The topological polar surface area (TPSA) is 54.5 Å². The maximum atomic E-state index is 12.6. The molecule has 0 unspecified atom stereocenters. The number of hydrogen-bond donors (Lipinski definition) is 0. The molecule has 0 spiro atoms. The average molecular weight is 392 g/mol. The number of rotatable bonds is 5. The molecular weight excluding hydrogens is 369 g/mol. The fraction of sp³-hybridized carbons (Fsp3) is 0.588. The molecule has 134 valence electrons. The van der Waals surface area contributed by atoms with E-state index in [4.69, 9.17) is 23.2 Å². The van der Waals surface area contributed by atoms with Gasteiger partial charge in [-0.2, -0.15) is 0 Å². The smallest absolute Gasteiger partial charge is 0.240 e. The Morgan fingerprint density at radius 1 is 1.21 bits per heavy atom. The van der Waals surface area contributed by atoms with E-state index in [0.717, 1.165) is 25.7 Å². The molecule has 1 fully saturated rings. The van der Waals surface area contributed by atoms with Gasteiger partial charge in [-0.05, 0) is 37.5 Å². The minimum Gasteiger partial charge on any atom is -0.342 e. The minimum atomic E-state index is -3.62. The number of sulfone groups is 1. The molecule has 2 rings (SSSR count). The monoisotopic (exact) mass is 391 g/mol. The Balaban J connectivity index is 2.09. The molecule has 1 aromatic carbocycles. The fourth-order valence-corrected chi connectivity index (χ4v) is 4.76. The van der Waals surface area contributed by atoms with Crippen LogP contribution >= 0.6 is 23.2 Å². The van der Waals surface area contributed by atoms with Gasteiger partial charge in [-0.15, -0.1) is 0 Å². The highest BCUT2D eigenvalue weighted by atomic mass is 35.5. The van der Waals surface area contributed by atoms with Crippen LogP contribution in [0, 0.1) is 0 Å². The van der Waals surface area contributed by atoms with Crippen LogP contribution in [0.4, 0.5) is 0 Å². The summed E-state index contributed by atoms with van der Waals surface area (Å²) in [5.74, 6) is -0.558. The summed E-state index contributed by atoms with van der Waals surface area (Å²) in [7, 11) is -1.91. The van der Waals surface area contributed by atoms with Crippen molar-refractivity contribution in [2.75, 3.05) is 7.05 Å². The van der Waals surface area contributed by atoms with E-state index in [1.54, 1.807) is 24.1 Å². The van der Waals surface area contributed by atoms with Crippen LogP contribution in [0.5, 0.6) is 0 Å². The summed E-state index contributed by atoms with van der Waals surface area (Å²) >= 11 is 11.8. The van der Waals surface area contributed by atoms with Crippen LogP contribution in [-0.2, 0) is 20.4 Å². The lowest BCUT2D eigenvalue weighted by Gasteiger charge is -2.32. The molecule has 4 nitrogen and oxygen atoms in total. The van der Waals surface area contributed by atoms with Gasteiger partial charge in [0.25, 0.3) is 0 Å². The van der Waals surface area contributed by atoms with Gasteiger partial charge in [0.15, 0.2) is 9.84 Å². The third-order valence-electron chi connectivity index (χ3n) is 4.71. The zero-order valence-corrected chi connectivity index (χ0v) is 16.3. The highest BCUT2D eigenvalue weighted by Crippen LogP contribution is 2.26. The summed E-state index contributed by atoms with van der Waals surface area (Å²) < 4.78 is 25.2. The van der Waals surface area contributed by atoms with E-state index < -0.39 is 15.1 Å². The second kappa shape index (κ2) is 8.07.